The minimum absolute atomic E-state index is 0.0494. The average Bonchev–Trinajstić information content (AvgIpc) is 2.74. The van der Waals surface area contributed by atoms with Gasteiger partial charge in [0.05, 0.1) is 0 Å². The Kier molecular flexibility index (Phi) is 6.07. The predicted molar refractivity (Wildman–Crippen MR) is 109 cm³/mol. The van der Waals surface area contributed by atoms with Gasteiger partial charge in [-0.1, -0.05) is 48.5 Å². The second-order valence-electron chi connectivity index (χ2n) is 5.91. The summed E-state index contributed by atoms with van der Waals surface area (Å²) in [6.45, 7) is 0. The molecule has 7 heteroatoms. The summed E-state index contributed by atoms with van der Waals surface area (Å²) in [5.41, 5.74) is 1.04. The fraction of sp³-hybridized carbons (Fsp3) is 0. The van der Waals surface area contributed by atoms with Crippen LogP contribution in [0.15, 0.2) is 95.4 Å². The van der Waals surface area contributed by atoms with Crippen molar-refractivity contribution in [3.05, 3.63) is 96.1 Å². The zero-order valence-electron chi connectivity index (χ0n) is 15.1. The number of anilines is 1. The third-order valence-electron chi connectivity index (χ3n) is 3.83. The van der Waals surface area contributed by atoms with Crippen LogP contribution in [0.1, 0.15) is 5.56 Å². The molecule has 0 heterocycles. The summed E-state index contributed by atoms with van der Waals surface area (Å²) < 4.78 is 29.6. The van der Waals surface area contributed by atoms with Crippen LogP contribution < -0.4 is 9.50 Å². The fourth-order valence-corrected chi connectivity index (χ4v) is 3.37. The Morgan fingerprint density at radius 3 is 2.07 bits per heavy atom. The molecule has 144 valence electrons. The number of nitriles is 1. The molecule has 0 aromatic heterocycles. The normalized spacial score (nSPS) is 11.3. The van der Waals surface area contributed by atoms with Crippen molar-refractivity contribution in [2.24, 2.45) is 0 Å². The van der Waals surface area contributed by atoms with Crippen LogP contribution in [0.4, 0.5) is 5.69 Å². The molecule has 29 heavy (non-hydrogen) atoms. The molecule has 6 nitrogen and oxygen atoms in total. The molecular weight excluding hydrogens is 388 g/mol. The highest BCUT2D eigenvalue weighted by atomic mass is 32.2. The number of benzene rings is 3. The SMILES string of the molecule is N#C/C(=C\c1ccc(OS(=O)(=O)c2ccccc2)cc1)C(=O)Nc1ccccc1. The number of carbonyl (C=O) groups is 1. The summed E-state index contributed by atoms with van der Waals surface area (Å²) >= 11 is 0. The molecule has 1 N–H and O–H groups in total. The summed E-state index contributed by atoms with van der Waals surface area (Å²) in [5.74, 6) is -0.413. The Morgan fingerprint density at radius 1 is 0.897 bits per heavy atom. The largest absolute Gasteiger partial charge is 0.379 e. The van der Waals surface area contributed by atoms with Gasteiger partial charge in [-0.15, -0.1) is 0 Å². The van der Waals surface area contributed by atoms with Crippen molar-refractivity contribution in [2.75, 3.05) is 5.32 Å². The van der Waals surface area contributed by atoms with Crippen LogP contribution >= 0.6 is 0 Å². The van der Waals surface area contributed by atoms with Crippen LogP contribution in [0.5, 0.6) is 5.75 Å². The number of carbonyl (C=O) groups excluding carboxylic acids is 1. The standard InChI is InChI=1S/C22H16N2O4S/c23-16-18(22(25)24-19-7-3-1-4-8-19)15-17-11-13-20(14-12-17)28-29(26,27)21-9-5-2-6-10-21/h1-15H,(H,24,25)/b18-15+. The van der Waals surface area contributed by atoms with E-state index in [0.717, 1.165) is 0 Å². The highest BCUT2D eigenvalue weighted by Gasteiger charge is 2.16. The molecular formula is C22H16N2O4S. The van der Waals surface area contributed by atoms with Crippen LogP contribution in [0.3, 0.4) is 0 Å². The molecule has 0 spiro atoms. The van der Waals surface area contributed by atoms with Crippen LogP contribution in [-0.2, 0) is 14.9 Å². The number of nitrogens with one attached hydrogen (secondary N) is 1. The van der Waals surface area contributed by atoms with E-state index in [4.69, 9.17) is 4.18 Å². The van der Waals surface area contributed by atoms with E-state index in [9.17, 15) is 18.5 Å². The van der Waals surface area contributed by atoms with Crippen molar-refractivity contribution in [2.45, 2.75) is 4.90 Å². The number of hydrogen-bond donors (Lipinski definition) is 1. The average molecular weight is 404 g/mol. The van der Waals surface area contributed by atoms with E-state index < -0.39 is 16.0 Å². The van der Waals surface area contributed by atoms with E-state index in [2.05, 4.69) is 5.32 Å². The first-order valence-corrected chi connectivity index (χ1v) is 9.96. The first-order valence-electron chi connectivity index (χ1n) is 8.56. The topological polar surface area (TPSA) is 96.3 Å². The van der Waals surface area contributed by atoms with Crippen molar-refractivity contribution in [3.8, 4) is 11.8 Å². The highest BCUT2D eigenvalue weighted by molar-refractivity contribution is 7.87. The number of para-hydroxylation sites is 1. The lowest BCUT2D eigenvalue weighted by molar-refractivity contribution is -0.112. The number of hydrogen-bond acceptors (Lipinski definition) is 5. The quantitative estimate of drug-likeness (QED) is 0.381. The van der Waals surface area contributed by atoms with Gasteiger partial charge in [-0.25, -0.2) is 0 Å². The van der Waals surface area contributed by atoms with Gasteiger partial charge < -0.3 is 9.50 Å². The number of amides is 1. The first kappa shape index (κ1) is 19.9. The molecule has 0 saturated carbocycles. The maximum absolute atomic E-state index is 12.3. The molecule has 1 amide bonds. The second kappa shape index (κ2) is 8.87. The molecule has 0 saturated heterocycles. The van der Waals surface area contributed by atoms with Gasteiger partial charge in [-0.3, -0.25) is 4.79 Å². The van der Waals surface area contributed by atoms with E-state index in [1.807, 2.05) is 12.1 Å². The van der Waals surface area contributed by atoms with Crippen molar-refractivity contribution >= 4 is 27.8 Å². The number of nitrogens with zero attached hydrogens (tertiary/aromatic N) is 1. The maximum Gasteiger partial charge on any atom is 0.339 e. The van der Waals surface area contributed by atoms with Gasteiger partial charge in [0, 0.05) is 5.69 Å². The van der Waals surface area contributed by atoms with Crippen molar-refractivity contribution in [3.63, 3.8) is 0 Å². The fourth-order valence-electron chi connectivity index (χ4n) is 2.42. The molecule has 0 atom stereocenters. The molecule has 0 fully saturated rings. The van der Waals surface area contributed by atoms with Gasteiger partial charge in [0.2, 0.25) is 0 Å². The van der Waals surface area contributed by atoms with Crippen molar-refractivity contribution in [1.82, 2.24) is 0 Å². The Balaban J connectivity index is 1.73. The minimum atomic E-state index is -3.93. The van der Waals surface area contributed by atoms with Crippen LogP contribution in [0.25, 0.3) is 6.08 Å². The lowest BCUT2D eigenvalue weighted by Gasteiger charge is -2.07. The van der Waals surface area contributed by atoms with Gasteiger partial charge >= 0.3 is 10.1 Å². The lowest BCUT2D eigenvalue weighted by atomic mass is 10.1. The Bertz CT molecular complexity index is 1160. The monoisotopic (exact) mass is 404 g/mol. The molecule has 0 aliphatic carbocycles. The summed E-state index contributed by atoms with van der Waals surface area (Å²) in [4.78, 5) is 12.3. The molecule has 0 bridgehead atoms. The van der Waals surface area contributed by atoms with Gasteiger partial charge in [0.1, 0.15) is 22.3 Å². The van der Waals surface area contributed by atoms with E-state index in [-0.39, 0.29) is 16.2 Å². The molecule has 0 aliphatic rings. The summed E-state index contributed by atoms with van der Waals surface area (Å²) in [6.07, 6.45) is 1.41. The van der Waals surface area contributed by atoms with Gasteiger partial charge in [0.25, 0.3) is 5.91 Å². The highest BCUT2D eigenvalue weighted by Crippen LogP contribution is 2.20. The van der Waals surface area contributed by atoms with Gasteiger partial charge in [-0.2, -0.15) is 13.7 Å². The first-order chi connectivity index (χ1) is 14.0. The third-order valence-corrected chi connectivity index (χ3v) is 5.09. The Morgan fingerprint density at radius 2 is 1.48 bits per heavy atom. The zero-order valence-corrected chi connectivity index (χ0v) is 16.0. The van der Waals surface area contributed by atoms with E-state index in [0.29, 0.717) is 11.3 Å². The van der Waals surface area contributed by atoms with Crippen LogP contribution in [0, 0.1) is 11.3 Å². The van der Waals surface area contributed by atoms with Gasteiger partial charge in [0.15, 0.2) is 0 Å². The van der Waals surface area contributed by atoms with Crippen LogP contribution in [0.2, 0.25) is 0 Å². The summed E-state index contributed by atoms with van der Waals surface area (Å²) in [7, 11) is -3.93. The van der Waals surface area contributed by atoms with E-state index in [1.54, 1.807) is 54.6 Å². The predicted octanol–water partition coefficient (Wildman–Crippen LogP) is 4.00. The third kappa shape index (κ3) is 5.31. The molecule has 3 rings (SSSR count). The minimum Gasteiger partial charge on any atom is -0.379 e. The zero-order chi connectivity index (χ0) is 20.7. The molecule has 0 unspecified atom stereocenters. The van der Waals surface area contributed by atoms with Crippen LogP contribution in [-0.4, -0.2) is 14.3 Å². The number of rotatable bonds is 6. The van der Waals surface area contributed by atoms with Gasteiger partial charge in [-0.05, 0) is 48.0 Å². The van der Waals surface area contributed by atoms with Crippen molar-refractivity contribution < 1.29 is 17.4 Å². The molecule has 0 radical (unpaired) electrons. The second-order valence-corrected chi connectivity index (χ2v) is 7.46. The maximum atomic E-state index is 12.3. The Hall–Kier alpha value is -3.89. The molecule has 3 aromatic carbocycles. The molecule has 0 aliphatic heterocycles. The lowest BCUT2D eigenvalue weighted by Crippen LogP contribution is -2.13. The Labute approximate surface area is 168 Å². The van der Waals surface area contributed by atoms with Crippen molar-refractivity contribution in [1.29, 1.82) is 5.26 Å². The van der Waals surface area contributed by atoms with E-state index >= 15 is 0 Å². The summed E-state index contributed by atoms with van der Waals surface area (Å²) in [5, 5.41) is 11.9. The smallest absolute Gasteiger partial charge is 0.339 e. The van der Waals surface area contributed by atoms with E-state index in [1.165, 1.54) is 30.3 Å². The molecule has 3 aromatic rings. The summed E-state index contributed by atoms with van der Waals surface area (Å²) in [6, 6.07) is 24.5.